The Morgan fingerprint density at radius 2 is 1.01 bits per heavy atom. The molecular weight excluding hydrogens is 905 g/mol. The predicted octanol–water partition coefficient (Wildman–Crippen LogP) is 11.7. The second-order valence-electron chi connectivity index (χ2n) is 19.5. The van der Waals surface area contributed by atoms with Gasteiger partial charge in [-0.3, -0.25) is 38.7 Å². The molecular formula is C60H68N4O8. The van der Waals surface area contributed by atoms with Crippen molar-refractivity contribution in [3.8, 4) is 11.5 Å². The van der Waals surface area contributed by atoms with Crippen LogP contribution in [-0.4, -0.2) is 64.7 Å². The molecule has 4 aromatic carbocycles. The lowest BCUT2D eigenvalue weighted by molar-refractivity contribution is -0.127. The normalized spacial score (nSPS) is 11.1. The lowest BCUT2D eigenvalue weighted by Gasteiger charge is -2.23. The van der Waals surface area contributed by atoms with E-state index in [1.54, 1.807) is 85.2 Å². The Balaban J connectivity index is 0.000000267. The number of pyridine rings is 2. The molecule has 0 spiro atoms. The minimum Gasteiger partial charge on any atom is -0.493 e. The van der Waals surface area contributed by atoms with Crippen LogP contribution in [0.15, 0.2) is 134 Å². The molecule has 2 amide bonds. The molecule has 0 saturated heterocycles. The highest BCUT2D eigenvalue weighted by atomic mass is 16.5. The Morgan fingerprint density at radius 1 is 0.528 bits per heavy atom. The number of hydrogen-bond donors (Lipinski definition) is 2. The van der Waals surface area contributed by atoms with E-state index >= 15 is 0 Å². The molecule has 72 heavy (non-hydrogen) atoms. The molecule has 2 N–H and O–H groups in total. The quantitative estimate of drug-likeness (QED) is 0.0439. The second kappa shape index (κ2) is 26.6. The number of aromatic nitrogens is 2. The fourth-order valence-corrected chi connectivity index (χ4v) is 7.64. The number of ether oxygens (including phenoxy) is 2. The van der Waals surface area contributed by atoms with Gasteiger partial charge in [-0.05, 0) is 142 Å². The smallest absolute Gasteiger partial charge is 0.257 e. The van der Waals surface area contributed by atoms with Gasteiger partial charge in [-0.15, -0.1) is 0 Å². The Labute approximate surface area is 424 Å². The van der Waals surface area contributed by atoms with Crippen LogP contribution in [0.4, 0.5) is 5.69 Å². The number of carbonyl (C=O) groups is 6. The highest BCUT2D eigenvalue weighted by Crippen LogP contribution is 2.29. The number of anilines is 1. The van der Waals surface area contributed by atoms with Crippen molar-refractivity contribution in [1.82, 2.24) is 15.3 Å². The lowest BCUT2D eigenvalue weighted by atomic mass is 9.81. The van der Waals surface area contributed by atoms with Crippen molar-refractivity contribution in [1.29, 1.82) is 0 Å². The first-order valence-corrected chi connectivity index (χ1v) is 24.4. The molecule has 2 aromatic heterocycles. The van der Waals surface area contributed by atoms with E-state index in [0.29, 0.717) is 54.0 Å². The fraction of sp³-hybridized carbons (Fsp3) is 0.333. The molecule has 0 fully saturated rings. The molecule has 6 rings (SSSR count). The Kier molecular flexibility index (Phi) is 20.4. The summed E-state index contributed by atoms with van der Waals surface area (Å²) in [6.07, 6.45) is 9.73. The molecule has 2 heterocycles. The van der Waals surface area contributed by atoms with E-state index < -0.39 is 10.8 Å². The van der Waals surface area contributed by atoms with Crippen LogP contribution in [0, 0.1) is 38.5 Å². The molecule has 12 heteroatoms. The summed E-state index contributed by atoms with van der Waals surface area (Å²) >= 11 is 0. The van der Waals surface area contributed by atoms with Gasteiger partial charge in [0.15, 0.2) is 11.6 Å². The number of aryl methyl sites for hydroxylation is 4. The second-order valence-corrected chi connectivity index (χ2v) is 19.5. The van der Waals surface area contributed by atoms with Crippen LogP contribution in [0.25, 0.3) is 0 Å². The van der Waals surface area contributed by atoms with E-state index in [1.807, 2.05) is 73.6 Å². The largest absolute Gasteiger partial charge is 0.493 e. The van der Waals surface area contributed by atoms with Gasteiger partial charge in [0.05, 0.1) is 30.9 Å². The van der Waals surface area contributed by atoms with Crippen LogP contribution >= 0.6 is 0 Å². The van der Waals surface area contributed by atoms with Crippen molar-refractivity contribution in [2.45, 2.75) is 100 Å². The maximum absolute atomic E-state index is 13.0. The van der Waals surface area contributed by atoms with E-state index in [1.165, 1.54) is 12.4 Å². The monoisotopic (exact) mass is 973 g/mol. The molecule has 0 bridgehead atoms. The first-order valence-electron chi connectivity index (χ1n) is 24.4. The Hall–Kier alpha value is -7.60. The van der Waals surface area contributed by atoms with Crippen LogP contribution in [0.5, 0.6) is 11.5 Å². The van der Waals surface area contributed by atoms with Gasteiger partial charge in [-0.1, -0.05) is 76.2 Å². The molecule has 0 aliphatic heterocycles. The number of hydrogen-bond acceptors (Lipinski definition) is 10. The summed E-state index contributed by atoms with van der Waals surface area (Å²) < 4.78 is 11.8. The van der Waals surface area contributed by atoms with Gasteiger partial charge in [0, 0.05) is 71.7 Å². The van der Waals surface area contributed by atoms with Gasteiger partial charge in [-0.25, -0.2) is 0 Å². The first kappa shape index (κ1) is 55.3. The zero-order valence-electron chi connectivity index (χ0n) is 42.9. The number of nitrogens with zero attached hydrogens (tertiary/aromatic N) is 2. The number of nitrogens with one attached hydrogen (secondary N) is 2. The summed E-state index contributed by atoms with van der Waals surface area (Å²) in [6.45, 7) is 16.9. The standard InChI is InChI=1S/2C30H34N2O4/c1-21-8-9-22(2)27(19-21)36-18-6-16-30(3,4)28(34)15-14-26(33)23-10-12-25(13-11-23)32-29(35)24-7-5-17-31-20-24;1-21-8-9-22(2)27(17-21)36-16-6-14-30(3,4)28(34)18-23-10-12-24(13-11-23)26(33)20-32-29(35)25-7-5-15-31-19-25/h5,7-13,17,19-20H,6,14-16,18H2,1-4H3,(H,32,35);5,7-13,15,17,19H,6,14,16,18,20H2,1-4H3,(H,32,35). The van der Waals surface area contributed by atoms with E-state index in [4.69, 9.17) is 9.47 Å². The maximum atomic E-state index is 13.0. The van der Waals surface area contributed by atoms with Crippen LogP contribution in [-0.2, 0) is 16.0 Å². The minimum atomic E-state index is -0.522. The van der Waals surface area contributed by atoms with Crippen molar-refractivity contribution in [3.63, 3.8) is 0 Å². The van der Waals surface area contributed by atoms with Crippen LogP contribution in [0.3, 0.4) is 0 Å². The minimum absolute atomic E-state index is 0.0722. The number of carbonyl (C=O) groups excluding carboxylic acids is 6. The molecule has 6 aromatic rings. The van der Waals surface area contributed by atoms with Gasteiger partial charge < -0.3 is 20.1 Å². The lowest BCUT2D eigenvalue weighted by Crippen LogP contribution is -2.29. The molecule has 0 unspecified atom stereocenters. The molecule has 0 atom stereocenters. The highest BCUT2D eigenvalue weighted by Gasteiger charge is 2.28. The fourth-order valence-electron chi connectivity index (χ4n) is 7.64. The summed E-state index contributed by atoms with van der Waals surface area (Å²) in [5.74, 6) is 1.09. The summed E-state index contributed by atoms with van der Waals surface area (Å²) in [5, 5.41) is 5.39. The molecule has 0 aliphatic carbocycles. The summed E-state index contributed by atoms with van der Waals surface area (Å²) in [6, 6.07) is 32.7. The van der Waals surface area contributed by atoms with Crippen LogP contribution in [0.2, 0.25) is 0 Å². The number of amides is 2. The first-order chi connectivity index (χ1) is 34.3. The third kappa shape index (κ3) is 17.4. The zero-order valence-corrected chi connectivity index (χ0v) is 42.9. The average Bonchev–Trinajstić information content (AvgIpc) is 3.37. The maximum Gasteiger partial charge on any atom is 0.257 e. The van der Waals surface area contributed by atoms with Crippen molar-refractivity contribution in [3.05, 3.63) is 184 Å². The molecule has 12 nitrogen and oxygen atoms in total. The van der Waals surface area contributed by atoms with Gasteiger partial charge in [0.1, 0.15) is 23.1 Å². The number of Topliss-reactive ketones (excluding diaryl/α,β-unsaturated/α-hetero) is 4. The van der Waals surface area contributed by atoms with E-state index in [2.05, 4.69) is 38.8 Å². The third-order valence-corrected chi connectivity index (χ3v) is 12.5. The van der Waals surface area contributed by atoms with E-state index in [0.717, 1.165) is 58.6 Å². The molecule has 376 valence electrons. The third-order valence-electron chi connectivity index (χ3n) is 12.5. The summed E-state index contributed by atoms with van der Waals surface area (Å²) in [7, 11) is 0. The van der Waals surface area contributed by atoms with E-state index in [-0.39, 0.29) is 54.3 Å². The van der Waals surface area contributed by atoms with Gasteiger partial charge in [0.2, 0.25) is 0 Å². The highest BCUT2D eigenvalue weighted by molar-refractivity contribution is 6.05. The van der Waals surface area contributed by atoms with Crippen molar-refractivity contribution in [2.75, 3.05) is 25.1 Å². The molecule has 0 saturated carbocycles. The number of benzene rings is 4. The molecule has 0 aliphatic rings. The number of ketones is 4. The van der Waals surface area contributed by atoms with Gasteiger partial charge >= 0.3 is 0 Å². The SMILES string of the molecule is Cc1ccc(C)c(OCCCC(C)(C)C(=O)CCC(=O)c2ccc(NC(=O)c3cccnc3)cc2)c1.Cc1ccc(C)c(OCCCC(C)(C)C(=O)Cc2ccc(C(=O)CNC(=O)c3cccnc3)cc2)c1. The van der Waals surface area contributed by atoms with Gasteiger partial charge in [0.25, 0.3) is 11.8 Å². The van der Waals surface area contributed by atoms with Crippen molar-refractivity contribution >= 4 is 40.6 Å². The zero-order chi connectivity index (χ0) is 52.3. The Morgan fingerprint density at radius 3 is 1.53 bits per heavy atom. The molecule has 0 radical (unpaired) electrons. The van der Waals surface area contributed by atoms with Crippen LogP contribution in [0.1, 0.15) is 135 Å². The number of rotatable bonds is 24. The van der Waals surface area contributed by atoms with Crippen LogP contribution < -0.4 is 20.1 Å². The van der Waals surface area contributed by atoms with Crippen molar-refractivity contribution < 1.29 is 38.2 Å². The average molecular weight is 973 g/mol. The summed E-state index contributed by atoms with van der Waals surface area (Å²) in [5.41, 5.74) is 6.82. The predicted molar refractivity (Wildman–Crippen MR) is 282 cm³/mol. The van der Waals surface area contributed by atoms with Gasteiger partial charge in [-0.2, -0.15) is 0 Å². The topological polar surface area (TPSA) is 171 Å². The van der Waals surface area contributed by atoms with E-state index in [9.17, 15) is 28.8 Å². The van der Waals surface area contributed by atoms with Crippen molar-refractivity contribution in [2.24, 2.45) is 10.8 Å². The summed E-state index contributed by atoms with van der Waals surface area (Å²) in [4.78, 5) is 83.1. The Bertz CT molecular complexity index is 2790.